The molecule has 2 heterocycles. The monoisotopic (exact) mass is 321 g/mol. The molecule has 0 fully saturated rings. The Kier molecular flexibility index (Phi) is 4.67. The molecule has 3 aromatic rings. The predicted molar refractivity (Wildman–Crippen MR) is 90.4 cm³/mol. The molecule has 1 amide bonds. The molecule has 6 nitrogen and oxygen atoms in total. The van der Waals surface area contributed by atoms with Crippen LogP contribution in [0.3, 0.4) is 0 Å². The number of carbonyl (C=O) groups excluding carboxylic acids is 1. The summed E-state index contributed by atoms with van der Waals surface area (Å²) in [5, 5.41) is 2.79. The van der Waals surface area contributed by atoms with Gasteiger partial charge in [-0.2, -0.15) is 0 Å². The number of hydrogen-bond acceptors (Lipinski definition) is 5. The van der Waals surface area contributed by atoms with Crippen molar-refractivity contribution in [2.24, 2.45) is 0 Å². The summed E-state index contributed by atoms with van der Waals surface area (Å²) in [6.45, 7) is 0. The first kappa shape index (κ1) is 15.5. The Morgan fingerprint density at radius 1 is 1.21 bits per heavy atom. The third kappa shape index (κ3) is 3.67. The first-order chi connectivity index (χ1) is 11.8. The van der Waals surface area contributed by atoms with Crippen LogP contribution in [0.2, 0.25) is 0 Å². The van der Waals surface area contributed by atoms with E-state index in [2.05, 4.69) is 15.3 Å². The summed E-state index contributed by atoms with van der Waals surface area (Å²) in [5.74, 6) is 0.950. The van der Waals surface area contributed by atoms with E-state index in [0.29, 0.717) is 17.2 Å². The summed E-state index contributed by atoms with van der Waals surface area (Å²) < 4.78 is 10.6. The number of pyridine rings is 1. The molecule has 0 bridgehead atoms. The second-order valence-electron chi connectivity index (χ2n) is 4.88. The van der Waals surface area contributed by atoms with Crippen LogP contribution in [0.15, 0.2) is 65.8 Å². The second-order valence-corrected chi connectivity index (χ2v) is 4.88. The molecule has 0 spiro atoms. The van der Waals surface area contributed by atoms with Crippen LogP contribution < -0.4 is 10.1 Å². The van der Waals surface area contributed by atoms with Crippen molar-refractivity contribution in [1.29, 1.82) is 0 Å². The van der Waals surface area contributed by atoms with Gasteiger partial charge in [0.15, 0.2) is 12.2 Å². The molecule has 0 aliphatic heterocycles. The van der Waals surface area contributed by atoms with E-state index < -0.39 is 0 Å². The minimum Gasteiger partial charge on any atom is -0.496 e. The van der Waals surface area contributed by atoms with Crippen LogP contribution >= 0.6 is 0 Å². The molecule has 0 atom stereocenters. The molecule has 3 rings (SSSR count). The van der Waals surface area contributed by atoms with Crippen LogP contribution in [0, 0.1) is 0 Å². The number of rotatable bonds is 5. The number of benzene rings is 1. The standard InChI is InChI=1S/C18H15N3O3/c1-23-16-10-14(3-4-15(16)17-11-20-12-24-17)21-18(22)5-2-13-6-8-19-9-7-13/h2-12H,1H3,(H,21,22)/b5-2+. The first-order valence-corrected chi connectivity index (χ1v) is 7.22. The highest BCUT2D eigenvalue weighted by Gasteiger charge is 2.10. The number of aromatic nitrogens is 2. The van der Waals surface area contributed by atoms with Crippen molar-refractivity contribution in [3.63, 3.8) is 0 Å². The molecular formula is C18H15N3O3. The van der Waals surface area contributed by atoms with Gasteiger partial charge in [0.1, 0.15) is 5.75 Å². The second kappa shape index (κ2) is 7.23. The Balaban J connectivity index is 1.73. The number of methoxy groups -OCH3 is 1. The van der Waals surface area contributed by atoms with Crippen LogP contribution in [0.1, 0.15) is 5.56 Å². The molecular weight excluding hydrogens is 306 g/mol. The maximum absolute atomic E-state index is 12.0. The van der Waals surface area contributed by atoms with Crippen molar-refractivity contribution >= 4 is 17.7 Å². The lowest BCUT2D eigenvalue weighted by atomic mass is 10.1. The van der Waals surface area contributed by atoms with Crippen molar-refractivity contribution in [2.75, 3.05) is 12.4 Å². The Labute approximate surface area is 138 Å². The van der Waals surface area contributed by atoms with Crippen molar-refractivity contribution in [3.8, 4) is 17.1 Å². The van der Waals surface area contributed by atoms with E-state index in [1.54, 1.807) is 43.9 Å². The lowest BCUT2D eigenvalue weighted by molar-refractivity contribution is -0.111. The minimum absolute atomic E-state index is 0.235. The van der Waals surface area contributed by atoms with Gasteiger partial charge < -0.3 is 14.5 Å². The lowest BCUT2D eigenvalue weighted by Crippen LogP contribution is -2.07. The summed E-state index contributed by atoms with van der Waals surface area (Å²) in [6.07, 6.45) is 9.49. The molecule has 0 aliphatic carbocycles. The smallest absolute Gasteiger partial charge is 0.248 e. The van der Waals surface area contributed by atoms with E-state index >= 15 is 0 Å². The van der Waals surface area contributed by atoms with Gasteiger partial charge in [-0.05, 0) is 35.9 Å². The highest BCUT2D eigenvalue weighted by molar-refractivity contribution is 6.02. The van der Waals surface area contributed by atoms with E-state index in [9.17, 15) is 4.79 Å². The number of anilines is 1. The van der Waals surface area contributed by atoms with Gasteiger partial charge in [-0.25, -0.2) is 4.98 Å². The van der Waals surface area contributed by atoms with Crippen molar-refractivity contribution < 1.29 is 13.9 Å². The van der Waals surface area contributed by atoms with Gasteiger partial charge >= 0.3 is 0 Å². The van der Waals surface area contributed by atoms with E-state index in [4.69, 9.17) is 9.15 Å². The van der Waals surface area contributed by atoms with Crippen LogP contribution in [0.4, 0.5) is 5.69 Å². The number of ether oxygens (including phenoxy) is 1. The SMILES string of the molecule is COc1cc(NC(=O)/C=C/c2ccncc2)ccc1-c1cnco1. The maximum atomic E-state index is 12.0. The van der Waals surface area contributed by atoms with Gasteiger partial charge in [-0.3, -0.25) is 9.78 Å². The molecule has 0 aliphatic rings. The summed E-state index contributed by atoms with van der Waals surface area (Å²) in [4.78, 5) is 19.8. The third-order valence-corrected chi connectivity index (χ3v) is 3.30. The molecule has 24 heavy (non-hydrogen) atoms. The van der Waals surface area contributed by atoms with Crippen LogP contribution in [-0.2, 0) is 4.79 Å². The van der Waals surface area contributed by atoms with Gasteiger partial charge in [-0.1, -0.05) is 0 Å². The van der Waals surface area contributed by atoms with E-state index in [1.807, 2.05) is 18.2 Å². The fourth-order valence-corrected chi connectivity index (χ4v) is 2.15. The molecule has 120 valence electrons. The molecule has 0 unspecified atom stereocenters. The molecule has 0 saturated heterocycles. The summed E-state index contributed by atoms with van der Waals surface area (Å²) >= 11 is 0. The maximum Gasteiger partial charge on any atom is 0.248 e. The van der Waals surface area contributed by atoms with Crippen LogP contribution in [0.25, 0.3) is 17.4 Å². The lowest BCUT2D eigenvalue weighted by Gasteiger charge is -2.09. The van der Waals surface area contributed by atoms with Gasteiger partial charge in [0, 0.05) is 30.2 Å². The molecule has 2 aromatic heterocycles. The Morgan fingerprint density at radius 2 is 2.04 bits per heavy atom. The summed E-state index contributed by atoms with van der Waals surface area (Å²) in [7, 11) is 1.56. The number of oxazole rings is 1. The Hall–Kier alpha value is -3.41. The van der Waals surface area contributed by atoms with Gasteiger partial charge in [0.05, 0.1) is 18.9 Å². The normalized spacial score (nSPS) is 10.7. The van der Waals surface area contributed by atoms with E-state index in [1.165, 1.54) is 12.5 Å². The quantitative estimate of drug-likeness (QED) is 0.729. The number of nitrogens with zero attached hydrogens (tertiary/aromatic N) is 2. The molecule has 0 radical (unpaired) electrons. The molecule has 1 aromatic carbocycles. The van der Waals surface area contributed by atoms with Gasteiger partial charge in [0.25, 0.3) is 0 Å². The van der Waals surface area contributed by atoms with Gasteiger partial charge in [0.2, 0.25) is 5.91 Å². The zero-order valence-corrected chi connectivity index (χ0v) is 13.0. The summed E-state index contributed by atoms with van der Waals surface area (Å²) in [6, 6.07) is 8.95. The minimum atomic E-state index is -0.235. The largest absolute Gasteiger partial charge is 0.496 e. The zero-order chi connectivity index (χ0) is 16.8. The number of nitrogens with one attached hydrogen (secondary N) is 1. The number of carbonyl (C=O) groups is 1. The van der Waals surface area contributed by atoms with Gasteiger partial charge in [-0.15, -0.1) is 0 Å². The highest BCUT2D eigenvalue weighted by atomic mass is 16.5. The van der Waals surface area contributed by atoms with Crippen molar-refractivity contribution in [3.05, 3.63) is 67.0 Å². The van der Waals surface area contributed by atoms with Crippen molar-refractivity contribution in [1.82, 2.24) is 9.97 Å². The fourth-order valence-electron chi connectivity index (χ4n) is 2.15. The molecule has 1 N–H and O–H groups in total. The molecule has 6 heteroatoms. The third-order valence-electron chi connectivity index (χ3n) is 3.30. The predicted octanol–water partition coefficient (Wildman–Crippen LogP) is 3.40. The van der Waals surface area contributed by atoms with Crippen LogP contribution in [0.5, 0.6) is 5.75 Å². The first-order valence-electron chi connectivity index (χ1n) is 7.22. The highest BCUT2D eigenvalue weighted by Crippen LogP contribution is 2.32. The number of hydrogen-bond donors (Lipinski definition) is 1. The summed E-state index contributed by atoms with van der Waals surface area (Å²) in [5.41, 5.74) is 2.29. The van der Waals surface area contributed by atoms with Crippen LogP contribution in [-0.4, -0.2) is 23.0 Å². The van der Waals surface area contributed by atoms with Crippen molar-refractivity contribution in [2.45, 2.75) is 0 Å². The topological polar surface area (TPSA) is 77.2 Å². The number of amides is 1. The Bertz CT molecular complexity index is 843. The average Bonchev–Trinajstić information content (AvgIpc) is 3.15. The average molecular weight is 321 g/mol. The Morgan fingerprint density at radius 3 is 2.75 bits per heavy atom. The van der Waals surface area contributed by atoms with E-state index in [-0.39, 0.29) is 5.91 Å². The fraction of sp³-hybridized carbons (Fsp3) is 0.0556. The zero-order valence-electron chi connectivity index (χ0n) is 13.0. The molecule has 0 saturated carbocycles. The van der Waals surface area contributed by atoms with E-state index in [0.717, 1.165) is 11.1 Å².